The lowest BCUT2D eigenvalue weighted by Gasteiger charge is -2.26. The molecule has 9 heteroatoms. The molecule has 1 aromatic carbocycles. The number of anilines is 1. The minimum Gasteiger partial charge on any atom is -0.480 e. The summed E-state index contributed by atoms with van der Waals surface area (Å²) < 4.78 is 5.26. The number of nitrogens with zero attached hydrogens (tertiary/aromatic N) is 1. The molecular formula is C22H28N2O6S. The smallest absolute Gasteiger partial charge is 0.349 e. The molecule has 0 bridgehead atoms. The lowest BCUT2D eigenvalue weighted by molar-refractivity contribution is -0.139. The van der Waals surface area contributed by atoms with Gasteiger partial charge in [-0.15, -0.1) is 11.3 Å². The number of aliphatic carboxylic acids is 1. The van der Waals surface area contributed by atoms with Crippen LogP contribution in [-0.2, 0) is 4.79 Å². The number of rotatable bonds is 9. The van der Waals surface area contributed by atoms with Gasteiger partial charge in [-0.25, -0.2) is 14.4 Å². The van der Waals surface area contributed by atoms with E-state index in [1.54, 1.807) is 17.9 Å². The van der Waals surface area contributed by atoms with Gasteiger partial charge in [0, 0.05) is 28.7 Å². The maximum absolute atomic E-state index is 12.8. The lowest BCUT2D eigenvalue weighted by atomic mass is 10.1. The van der Waals surface area contributed by atoms with Crippen molar-refractivity contribution in [1.82, 2.24) is 5.32 Å². The zero-order chi connectivity index (χ0) is 23.3. The van der Waals surface area contributed by atoms with Crippen molar-refractivity contribution in [2.45, 2.75) is 40.7 Å². The van der Waals surface area contributed by atoms with Crippen molar-refractivity contribution in [1.29, 1.82) is 0 Å². The fourth-order valence-electron chi connectivity index (χ4n) is 3.03. The van der Waals surface area contributed by atoms with Crippen LogP contribution < -0.4 is 15.0 Å². The number of aromatic carboxylic acids is 1. The van der Waals surface area contributed by atoms with Crippen molar-refractivity contribution in [3.8, 4) is 16.2 Å². The summed E-state index contributed by atoms with van der Waals surface area (Å²) in [6.45, 7) is 9.40. The molecule has 168 valence electrons. The normalized spacial score (nSPS) is 10.9. The summed E-state index contributed by atoms with van der Waals surface area (Å²) in [5, 5.41) is 21.3. The first-order chi connectivity index (χ1) is 14.5. The van der Waals surface area contributed by atoms with Crippen LogP contribution in [0.2, 0.25) is 0 Å². The number of carboxylic acid groups (broad SMARTS) is 2. The maximum atomic E-state index is 12.8. The van der Waals surface area contributed by atoms with E-state index in [1.165, 1.54) is 0 Å². The molecule has 0 atom stereocenters. The number of benzene rings is 1. The Balaban J connectivity index is 2.50. The molecule has 0 saturated carbocycles. The number of nitrogens with one attached hydrogen (secondary N) is 1. The standard InChI is InChI=1S/C22H28N2O6S/c1-12(2)10-24(22(29)23-13(3)4)16-8-6-7-15(9-16)19-14(5)18(30-11-17(25)26)20(31-19)21(27)28/h6-9,12-13H,10-11H2,1-5H3,(H,23,29)(H,25,26)(H,27,28). The highest BCUT2D eigenvalue weighted by atomic mass is 32.1. The minimum atomic E-state index is -1.19. The van der Waals surface area contributed by atoms with Crippen LogP contribution in [-0.4, -0.2) is 47.4 Å². The number of thiophene rings is 1. The van der Waals surface area contributed by atoms with E-state index in [9.17, 15) is 19.5 Å². The molecule has 0 unspecified atom stereocenters. The van der Waals surface area contributed by atoms with Gasteiger partial charge in [0.2, 0.25) is 0 Å². The van der Waals surface area contributed by atoms with Crippen LogP contribution in [0.1, 0.15) is 42.9 Å². The van der Waals surface area contributed by atoms with Crippen LogP contribution in [0.3, 0.4) is 0 Å². The van der Waals surface area contributed by atoms with Crippen LogP contribution in [0, 0.1) is 12.8 Å². The van der Waals surface area contributed by atoms with E-state index in [1.807, 2.05) is 45.9 Å². The van der Waals surface area contributed by atoms with E-state index < -0.39 is 18.5 Å². The molecule has 2 amide bonds. The average Bonchev–Trinajstić information content (AvgIpc) is 3.00. The number of carbonyl (C=O) groups excluding carboxylic acids is 1. The molecule has 0 radical (unpaired) electrons. The molecule has 2 rings (SSSR count). The number of hydrogen-bond donors (Lipinski definition) is 3. The topological polar surface area (TPSA) is 116 Å². The average molecular weight is 449 g/mol. The van der Waals surface area contributed by atoms with E-state index in [-0.39, 0.29) is 28.6 Å². The number of amides is 2. The Bertz CT molecular complexity index is 967. The molecule has 0 aliphatic carbocycles. The predicted molar refractivity (Wildman–Crippen MR) is 120 cm³/mol. The summed E-state index contributed by atoms with van der Waals surface area (Å²) >= 11 is 1.02. The van der Waals surface area contributed by atoms with E-state index in [0.29, 0.717) is 22.7 Å². The largest absolute Gasteiger partial charge is 0.480 e. The third-order valence-corrected chi connectivity index (χ3v) is 5.56. The molecule has 3 N–H and O–H groups in total. The first kappa shape index (κ1) is 24.2. The number of hydrogen-bond acceptors (Lipinski definition) is 5. The van der Waals surface area contributed by atoms with E-state index in [0.717, 1.165) is 16.9 Å². The fourth-order valence-corrected chi connectivity index (χ4v) is 4.12. The molecule has 0 saturated heterocycles. The van der Waals surface area contributed by atoms with Gasteiger partial charge >= 0.3 is 18.0 Å². The second kappa shape index (κ2) is 10.3. The van der Waals surface area contributed by atoms with Gasteiger partial charge in [0.25, 0.3) is 0 Å². The summed E-state index contributed by atoms with van der Waals surface area (Å²) in [5.41, 5.74) is 1.95. The Hall–Kier alpha value is -3.07. The van der Waals surface area contributed by atoms with Crippen LogP contribution in [0.4, 0.5) is 10.5 Å². The van der Waals surface area contributed by atoms with Crippen molar-refractivity contribution < 1.29 is 29.3 Å². The number of carbonyl (C=O) groups is 3. The van der Waals surface area contributed by atoms with Crippen molar-refractivity contribution in [3.05, 3.63) is 34.7 Å². The highest BCUT2D eigenvalue weighted by molar-refractivity contribution is 7.18. The second-order valence-electron chi connectivity index (χ2n) is 7.86. The Morgan fingerprint density at radius 1 is 1.16 bits per heavy atom. The molecule has 0 aliphatic rings. The minimum absolute atomic E-state index is 0.0167. The van der Waals surface area contributed by atoms with Crippen molar-refractivity contribution in [3.63, 3.8) is 0 Å². The van der Waals surface area contributed by atoms with Crippen LogP contribution in [0.15, 0.2) is 24.3 Å². The first-order valence-electron chi connectivity index (χ1n) is 9.91. The van der Waals surface area contributed by atoms with Crippen LogP contribution in [0.25, 0.3) is 10.4 Å². The zero-order valence-electron chi connectivity index (χ0n) is 18.3. The summed E-state index contributed by atoms with van der Waals surface area (Å²) in [6.07, 6.45) is 0. The van der Waals surface area contributed by atoms with Gasteiger partial charge in [-0.2, -0.15) is 0 Å². The Kier molecular flexibility index (Phi) is 8.04. The number of ether oxygens (including phenoxy) is 1. The SMILES string of the molecule is Cc1c(-c2cccc(N(CC(C)C)C(=O)NC(C)C)c2)sc(C(=O)O)c1OCC(=O)O. The van der Waals surface area contributed by atoms with Crippen molar-refractivity contribution in [2.75, 3.05) is 18.1 Å². The maximum Gasteiger partial charge on any atom is 0.349 e. The molecule has 31 heavy (non-hydrogen) atoms. The zero-order valence-corrected chi connectivity index (χ0v) is 19.1. The Labute approximate surface area is 185 Å². The quantitative estimate of drug-likeness (QED) is 0.521. The summed E-state index contributed by atoms with van der Waals surface area (Å²) in [4.78, 5) is 37.6. The molecule has 0 fully saturated rings. The third-order valence-electron chi connectivity index (χ3n) is 4.25. The van der Waals surface area contributed by atoms with Crippen LogP contribution in [0.5, 0.6) is 5.75 Å². The van der Waals surface area contributed by atoms with Gasteiger partial charge in [-0.1, -0.05) is 26.0 Å². The third kappa shape index (κ3) is 6.21. The Morgan fingerprint density at radius 3 is 2.39 bits per heavy atom. The predicted octanol–water partition coefficient (Wildman–Crippen LogP) is 4.47. The van der Waals surface area contributed by atoms with Crippen molar-refractivity contribution >= 4 is 35.0 Å². The summed E-state index contributed by atoms with van der Waals surface area (Å²) in [7, 11) is 0. The lowest BCUT2D eigenvalue weighted by Crippen LogP contribution is -2.44. The van der Waals surface area contributed by atoms with Gasteiger partial charge in [-0.3, -0.25) is 4.90 Å². The summed E-state index contributed by atoms with van der Waals surface area (Å²) in [5.74, 6) is -2.09. The molecule has 1 aromatic heterocycles. The van der Waals surface area contributed by atoms with Crippen LogP contribution >= 0.6 is 11.3 Å². The fraction of sp³-hybridized carbons (Fsp3) is 0.409. The van der Waals surface area contributed by atoms with Gasteiger partial charge in [0.1, 0.15) is 5.75 Å². The van der Waals surface area contributed by atoms with Gasteiger partial charge < -0.3 is 20.3 Å². The highest BCUT2D eigenvalue weighted by Crippen LogP contribution is 2.42. The molecule has 0 aliphatic heterocycles. The molecule has 0 spiro atoms. The molecule has 1 heterocycles. The van der Waals surface area contributed by atoms with Gasteiger partial charge in [0.15, 0.2) is 11.5 Å². The van der Waals surface area contributed by atoms with Gasteiger partial charge in [0.05, 0.1) is 0 Å². The highest BCUT2D eigenvalue weighted by Gasteiger charge is 2.24. The van der Waals surface area contributed by atoms with Crippen molar-refractivity contribution in [2.24, 2.45) is 5.92 Å². The van der Waals surface area contributed by atoms with E-state index in [2.05, 4.69) is 5.32 Å². The molecular weight excluding hydrogens is 420 g/mol. The van der Waals surface area contributed by atoms with E-state index in [4.69, 9.17) is 9.84 Å². The van der Waals surface area contributed by atoms with Gasteiger partial charge in [-0.05, 0) is 44.4 Å². The second-order valence-corrected chi connectivity index (χ2v) is 8.88. The Morgan fingerprint density at radius 2 is 1.84 bits per heavy atom. The molecule has 2 aromatic rings. The van der Waals surface area contributed by atoms with E-state index >= 15 is 0 Å². The monoisotopic (exact) mass is 448 g/mol. The number of carboxylic acids is 2. The molecule has 8 nitrogen and oxygen atoms in total. The summed E-state index contributed by atoms with van der Waals surface area (Å²) in [6, 6.07) is 7.06. The number of urea groups is 1. The first-order valence-corrected chi connectivity index (χ1v) is 10.7.